The third kappa shape index (κ3) is 4.98. The van der Waals surface area contributed by atoms with Gasteiger partial charge in [0.15, 0.2) is 5.16 Å². The van der Waals surface area contributed by atoms with Crippen molar-refractivity contribution < 1.29 is 9.72 Å². The number of aromatic nitrogens is 3. The predicted octanol–water partition coefficient (Wildman–Crippen LogP) is 3.51. The second-order valence-corrected chi connectivity index (χ2v) is 7.37. The maximum absolute atomic E-state index is 13.0. The van der Waals surface area contributed by atoms with Crippen LogP contribution in [0.1, 0.15) is 16.5 Å². The van der Waals surface area contributed by atoms with Crippen LogP contribution in [-0.4, -0.2) is 26.0 Å². The molecule has 2 N–H and O–H groups in total. The smallest absolute Gasteiger partial charge is 0.289 e. The second-order valence-electron chi connectivity index (χ2n) is 5.87. The van der Waals surface area contributed by atoms with E-state index in [0.29, 0.717) is 5.56 Å². The number of nitrogens with zero attached hydrogens (tertiary/aromatic N) is 3. The lowest BCUT2D eigenvalue weighted by molar-refractivity contribution is -0.384. The van der Waals surface area contributed by atoms with E-state index in [4.69, 9.17) is 11.6 Å². The van der Waals surface area contributed by atoms with Gasteiger partial charge in [0.05, 0.1) is 4.92 Å². The van der Waals surface area contributed by atoms with Crippen molar-refractivity contribution in [3.8, 4) is 0 Å². The Bertz CT molecular complexity index is 1120. The lowest BCUT2D eigenvalue weighted by Crippen LogP contribution is -2.21. The Morgan fingerprint density at radius 2 is 1.97 bits per heavy atom. The fourth-order valence-electron chi connectivity index (χ4n) is 2.38. The molecule has 148 valence electrons. The van der Waals surface area contributed by atoms with Gasteiger partial charge in [-0.3, -0.25) is 24.7 Å². The van der Waals surface area contributed by atoms with Gasteiger partial charge in [-0.1, -0.05) is 53.7 Å². The van der Waals surface area contributed by atoms with E-state index < -0.39 is 21.6 Å². The Morgan fingerprint density at radius 3 is 2.62 bits per heavy atom. The molecule has 0 saturated heterocycles. The topological polar surface area (TPSA) is 131 Å². The summed E-state index contributed by atoms with van der Waals surface area (Å²) < 4.78 is 0. The molecule has 1 aromatic heterocycles. The van der Waals surface area contributed by atoms with Gasteiger partial charge >= 0.3 is 0 Å². The SMILES string of the molecule is Cc1nnc(S[C@@H](C(=O)Nc2ccc(Cl)c([N+](=O)[O-])c2)c2ccccc2)[nH]c1=O. The van der Waals surface area contributed by atoms with E-state index in [-0.39, 0.29) is 27.2 Å². The minimum atomic E-state index is -0.793. The molecule has 0 aliphatic heterocycles. The average molecular weight is 432 g/mol. The van der Waals surface area contributed by atoms with Crippen LogP contribution in [0, 0.1) is 17.0 Å². The highest BCUT2D eigenvalue weighted by Gasteiger charge is 2.24. The summed E-state index contributed by atoms with van der Waals surface area (Å²) in [6.07, 6.45) is 0. The summed E-state index contributed by atoms with van der Waals surface area (Å²) in [5, 5.41) is 20.8. The molecule has 1 heterocycles. The zero-order chi connectivity index (χ0) is 21.0. The number of amides is 1. The van der Waals surface area contributed by atoms with Gasteiger partial charge in [-0.2, -0.15) is 0 Å². The molecular weight excluding hydrogens is 418 g/mol. The van der Waals surface area contributed by atoms with Crippen LogP contribution in [-0.2, 0) is 4.79 Å². The largest absolute Gasteiger partial charge is 0.325 e. The molecule has 0 spiro atoms. The number of nitrogens with one attached hydrogen (secondary N) is 2. The molecule has 3 aromatic rings. The summed E-state index contributed by atoms with van der Waals surface area (Å²) >= 11 is 6.82. The van der Waals surface area contributed by atoms with Gasteiger partial charge in [0.25, 0.3) is 11.2 Å². The number of carbonyl (C=O) groups is 1. The number of aromatic amines is 1. The molecule has 0 aliphatic rings. The number of nitro groups is 1. The Morgan fingerprint density at radius 1 is 1.24 bits per heavy atom. The van der Waals surface area contributed by atoms with Gasteiger partial charge in [-0.05, 0) is 24.6 Å². The number of thioether (sulfide) groups is 1. The number of nitro benzene ring substituents is 1. The highest BCUT2D eigenvalue weighted by atomic mass is 35.5. The molecule has 9 nitrogen and oxygen atoms in total. The third-order valence-corrected chi connectivity index (χ3v) is 5.27. The maximum atomic E-state index is 13.0. The molecule has 11 heteroatoms. The predicted molar refractivity (Wildman–Crippen MR) is 109 cm³/mol. The summed E-state index contributed by atoms with van der Waals surface area (Å²) in [6.45, 7) is 1.52. The van der Waals surface area contributed by atoms with E-state index >= 15 is 0 Å². The van der Waals surface area contributed by atoms with Crippen LogP contribution in [0.3, 0.4) is 0 Å². The van der Waals surface area contributed by atoms with Crippen LogP contribution in [0.15, 0.2) is 58.5 Å². The molecule has 0 aliphatic carbocycles. The third-order valence-electron chi connectivity index (χ3n) is 3.82. The standard InChI is InChI=1S/C18H14ClN5O4S/c1-10-16(25)21-18(23-22-10)29-15(11-5-3-2-4-6-11)17(26)20-12-7-8-13(19)14(9-12)24(27)28/h2-9,15H,1H3,(H,20,26)(H,21,23,25)/t15-/m1/s1. The number of hydrogen-bond donors (Lipinski definition) is 2. The fourth-order valence-corrected chi connectivity index (χ4v) is 3.49. The monoisotopic (exact) mass is 431 g/mol. The van der Waals surface area contributed by atoms with Crippen LogP contribution < -0.4 is 10.9 Å². The zero-order valence-electron chi connectivity index (χ0n) is 15.0. The van der Waals surface area contributed by atoms with Crippen LogP contribution in [0.25, 0.3) is 0 Å². The van der Waals surface area contributed by atoms with E-state index in [1.807, 2.05) is 0 Å². The van der Waals surface area contributed by atoms with Crippen molar-refractivity contribution in [3.63, 3.8) is 0 Å². The summed E-state index contributed by atoms with van der Waals surface area (Å²) in [4.78, 5) is 37.8. The number of aryl methyl sites for hydroxylation is 1. The number of benzene rings is 2. The summed E-state index contributed by atoms with van der Waals surface area (Å²) in [5.74, 6) is -0.457. The first-order chi connectivity index (χ1) is 13.8. The molecule has 29 heavy (non-hydrogen) atoms. The summed E-state index contributed by atoms with van der Waals surface area (Å²) in [5.41, 5.74) is 0.367. The quantitative estimate of drug-likeness (QED) is 0.347. The minimum Gasteiger partial charge on any atom is -0.325 e. The number of hydrogen-bond acceptors (Lipinski definition) is 7. The van der Waals surface area contributed by atoms with Crippen molar-refractivity contribution >= 4 is 40.6 Å². The molecule has 1 amide bonds. The van der Waals surface area contributed by atoms with Gasteiger partial charge in [-0.15, -0.1) is 10.2 Å². The van der Waals surface area contributed by atoms with Crippen LogP contribution in [0.4, 0.5) is 11.4 Å². The molecule has 1 atom stereocenters. The van der Waals surface area contributed by atoms with Crippen molar-refractivity contribution in [2.45, 2.75) is 17.3 Å². The van der Waals surface area contributed by atoms with E-state index in [2.05, 4.69) is 20.5 Å². The molecule has 0 unspecified atom stereocenters. The number of halogens is 1. The highest BCUT2D eigenvalue weighted by Crippen LogP contribution is 2.34. The molecular formula is C18H14ClN5O4S. The van der Waals surface area contributed by atoms with E-state index in [1.54, 1.807) is 30.3 Å². The number of H-pyrrole nitrogens is 1. The molecule has 0 saturated carbocycles. The average Bonchev–Trinajstić information content (AvgIpc) is 2.70. The summed E-state index contributed by atoms with van der Waals surface area (Å²) in [7, 11) is 0. The number of rotatable bonds is 6. The normalized spacial score (nSPS) is 11.7. The molecule has 3 rings (SSSR count). The molecule has 0 fully saturated rings. The van der Waals surface area contributed by atoms with Crippen molar-refractivity contribution in [3.05, 3.63) is 85.3 Å². The van der Waals surface area contributed by atoms with Crippen molar-refractivity contribution in [1.29, 1.82) is 0 Å². The van der Waals surface area contributed by atoms with Gasteiger partial charge in [0, 0.05) is 11.8 Å². The Balaban J connectivity index is 1.90. The molecule has 2 aromatic carbocycles. The zero-order valence-corrected chi connectivity index (χ0v) is 16.5. The van der Waals surface area contributed by atoms with Gasteiger partial charge < -0.3 is 5.32 Å². The second kappa shape index (κ2) is 8.84. The molecule has 0 radical (unpaired) electrons. The first-order valence-electron chi connectivity index (χ1n) is 8.25. The summed E-state index contributed by atoms with van der Waals surface area (Å²) in [6, 6.07) is 12.8. The van der Waals surface area contributed by atoms with Gasteiger partial charge in [0.2, 0.25) is 5.91 Å². The van der Waals surface area contributed by atoms with E-state index in [1.165, 1.54) is 25.1 Å². The van der Waals surface area contributed by atoms with Crippen molar-refractivity contribution in [2.75, 3.05) is 5.32 Å². The van der Waals surface area contributed by atoms with Gasteiger partial charge in [-0.25, -0.2) is 0 Å². The van der Waals surface area contributed by atoms with Crippen LogP contribution >= 0.6 is 23.4 Å². The lowest BCUT2D eigenvalue weighted by Gasteiger charge is -2.16. The van der Waals surface area contributed by atoms with Crippen molar-refractivity contribution in [2.24, 2.45) is 0 Å². The minimum absolute atomic E-state index is 0.0329. The molecule has 0 bridgehead atoms. The Labute approximate surface area is 173 Å². The highest BCUT2D eigenvalue weighted by molar-refractivity contribution is 8.00. The maximum Gasteiger partial charge on any atom is 0.289 e. The fraction of sp³-hybridized carbons (Fsp3) is 0.111. The van der Waals surface area contributed by atoms with E-state index in [0.717, 1.165) is 11.8 Å². The van der Waals surface area contributed by atoms with Crippen LogP contribution in [0.2, 0.25) is 5.02 Å². The Kier molecular flexibility index (Phi) is 6.25. The van der Waals surface area contributed by atoms with Crippen LogP contribution in [0.5, 0.6) is 0 Å². The van der Waals surface area contributed by atoms with Gasteiger partial charge in [0.1, 0.15) is 16.0 Å². The number of anilines is 1. The Hall–Kier alpha value is -3.24. The van der Waals surface area contributed by atoms with Crippen molar-refractivity contribution in [1.82, 2.24) is 15.2 Å². The first kappa shape index (κ1) is 20.5. The lowest BCUT2D eigenvalue weighted by atomic mass is 10.1. The van der Waals surface area contributed by atoms with E-state index in [9.17, 15) is 19.7 Å². The first-order valence-corrected chi connectivity index (χ1v) is 9.51. The number of carbonyl (C=O) groups excluding carboxylic acids is 1.